The Morgan fingerprint density at radius 2 is 1.19 bits per heavy atom. The van der Waals surface area contributed by atoms with Gasteiger partial charge in [0.2, 0.25) is 0 Å². The molecule has 0 unspecified atom stereocenters. The molecule has 0 aliphatic heterocycles. The van der Waals surface area contributed by atoms with Crippen LogP contribution in [0.25, 0.3) is 0 Å². The molecule has 0 radical (unpaired) electrons. The van der Waals surface area contributed by atoms with Gasteiger partial charge in [-0.2, -0.15) is 11.6 Å². The van der Waals surface area contributed by atoms with E-state index in [2.05, 4.69) is 99.3 Å². The van der Waals surface area contributed by atoms with Gasteiger partial charge in [0, 0.05) is 0 Å². The van der Waals surface area contributed by atoms with Crippen LogP contribution < -0.4 is 15.6 Å². The second kappa shape index (κ2) is 10.2. The second-order valence-electron chi connectivity index (χ2n) is 6.62. The van der Waals surface area contributed by atoms with Gasteiger partial charge in [-0.15, -0.1) is 5.19 Å². The Kier molecular flexibility index (Phi) is 8.60. The first-order valence-corrected chi connectivity index (χ1v) is 17.5. The van der Waals surface area contributed by atoms with Crippen molar-refractivity contribution < 1.29 is 14.7 Å². The van der Waals surface area contributed by atoms with Gasteiger partial charge < -0.3 is 0 Å². The summed E-state index contributed by atoms with van der Waals surface area (Å²) in [4.78, 5) is 0. The summed E-state index contributed by atoms with van der Waals surface area (Å²) < 4.78 is 0. The van der Waals surface area contributed by atoms with Crippen molar-refractivity contribution in [1.82, 2.24) is 0 Å². The Labute approximate surface area is 176 Å². The maximum atomic E-state index is 4.97. The molecule has 0 saturated carbocycles. The molecule has 0 atom stereocenters. The van der Waals surface area contributed by atoms with Crippen LogP contribution in [0.2, 0.25) is 6.55 Å². The van der Waals surface area contributed by atoms with Crippen molar-refractivity contribution in [2.75, 3.05) is 0 Å². The molecule has 0 heterocycles. The van der Waals surface area contributed by atoms with Gasteiger partial charge in [0.25, 0.3) is 0 Å². The van der Waals surface area contributed by atoms with Gasteiger partial charge in [-0.1, -0.05) is 91.4 Å². The van der Waals surface area contributed by atoms with Crippen molar-refractivity contribution in [3.8, 4) is 0 Å². The average Bonchev–Trinajstić information content (AvgIpc) is 3.13. The quantitative estimate of drug-likeness (QED) is 0.348. The number of hydrogen-bond acceptors (Lipinski definition) is 0. The summed E-state index contributed by atoms with van der Waals surface area (Å²) in [5.74, 6) is 0.559. The third-order valence-corrected chi connectivity index (χ3v) is 9.22. The summed E-state index contributed by atoms with van der Waals surface area (Å²) in [6.45, 7) is 7.08. The molecule has 0 nitrogen and oxygen atoms in total. The van der Waals surface area contributed by atoms with Crippen LogP contribution in [0.3, 0.4) is 0 Å². The molecule has 3 aromatic carbocycles. The Bertz CT molecular complexity index is 743. The van der Waals surface area contributed by atoms with Crippen LogP contribution in [-0.4, -0.2) is 8.07 Å². The Hall–Kier alpha value is -0.409. The molecule has 26 heavy (non-hydrogen) atoms. The molecule has 0 aliphatic carbocycles. The van der Waals surface area contributed by atoms with E-state index in [-0.39, 0.29) is 0 Å². The predicted octanol–water partition coefficient (Wildman–Crippen LogP) is 5.69. The van der Waals surface area contributed by atoms with E-state index in [1.165, 1.54) is 15.9 Å². The first-order chi connectivity index (χ1) is 12.4. The van der Waals surface area contributed by atoms with Crippen molar-refractivity contribution in [1.29, 1.82) is 0 Å². The van der Waals surface area contributed by atoms with E-state index >= 15 is 0 Å². The van der Waals surface area contributed by atoms with Gasteiger partial charge >= 0.3 is 42.6 Å². The summed E-state index contributed by atoms with van der Waals surface area (Å²) in [5, 5.41) is 4.52. The number of hydrogen-bond donors (Lipinski definition) is 0. The molecular formula is C21H23Cl3SiTi. The van der Waals surface area contributed by atoms with Crippen molar-refractivity contribution in [3.05, 3.63) is 84.4 Å². The number of benzene rings is 2. The first-order valence-electron chi connectivity index (χ1n) is 8.58. The maximum absolute atomic E-state index is 4.97. The Morgan fingerprint density at radius 1 is 0.769 bits per heavy atom. The third-order valence-electron chi connectivity index (χ3n) is 4.71. The second-order valence-corrected chi connectivity index (χ2v) is 18.3. The molecule has 5 heteroatoms. The number of halogens is 3. The van der Waals surface area contributed by atoms with Gasteiger partial charge in [-0.3, -0.25) is 0 Å². The molecular weight excluding hydrogens is 435 g/mol. The van der Waals surface area contributed by atoms with E-state index in [1.807, 2.05) is 0 Å². The molecule has 3 aromatic rings. The van der Waals surface area contributed by atoms with Gasteiger partial charge in [-0.05, 0) is 5.92 Å². The van der Waals surface area contributed by atoms with E-state index in [0.29, 0.717) is 5.92 Å². The molecule has 0 aromatic heterocycles. The van der Waals surface area contributed by atoms with Crippen LogP contribution in [0.15, 0.2) is 78.9 Å². The minimum absolute atomic E-state index is 0.559. The van der Waals surface area contributed by atoms with E-state index in [1.54, 1.807) is 5.19 Å². The van der Waals surface area contributed by atoms with Crippen LogP contribution in [0.4, 0.5) is 0 Å². The van der Waals surface area contributed by atoms with Crippen molar-refractivity contribution >= 4 is 51.5 Å². The van der Waals surface area contributed by atoms with Crippen LogP contribution in [0.5, 0.6) is 0 Å². The van der Waals surface area contributed by atoms with Crippen LogP contribution in [0, 0.1) is 0 Å². The Morgan fingerprint density at radius 3 is 1.58 bits per heavy atom. The van der Waals surface area contributed by atoms with E-state index in [0.717, 1.165) is 0 Å². The Balaban J connectivity index is 0.000000552. The summed E-state index contributed by atoms with van der Waals surface area (Å²) in [6.07, 6.45) is 0. The van der Waals surface area contributed by atoms with Gasteiger partial charge in [-0.25, -0.2) is 12.1 Å². The van der Waals surface area contributed by atoms with Crippen LogP contribution in [-0.2, 0) is 14.7 Å². The molecule has 0 aliphatic rings. The molecule has 0 bridgehead atoms. The molecule has 0 N–H and O–H groups in total. The normalized spacial score (nSPS) is 11.0. The summed E-state index contributed by atoms with van der Waals surface area (Å²) >= 11 is -1.92. The molecule has 0 saturated heterocycles. The minimum atomic E-state index is -1.93. The zero-order chi connectivity index (χ0) is 19.2. The first kappa shape index (κ1) is 21.9. The monoisotopic (exact) mass is 456 g/mol. The summed E-state index contributed by atoms with van der Waals surface area (Å²) in [6, 6.07) is 29.0. The molecule has 3 rings (SSSR count). The van der Waals surface area contributed by atoms with E-state index in [4.69, 9.17) is 27.9 Å². The molecule has 136 valence electrons. The van der Waals surface area contributed by atoms with E-state index < -0.39 is 22.8 Å². The van der Waals surface area contributed by atoms with Crippen molar-refractivity contribution in [2.24, 2.45) is 0 Å². The van der Waals surface area contributed by atoms with Crippen molar-refractivity contribution in [3.63, 3.8) is 0 Å². The topological polar surface area (TPSA) is 0 Å². The third kappa shape index (κ3) is 5.32. The summed E-state index contributed by atoms with van der Waals surface area (Å²) in [5.41, 5.74) is 1.50. The predicted molar refractivity (Wildman–Crippen MR) is 117 cm³/mol. The zero-order valence-electron chi connectivity index (χ0n) is 15.2. The molecule has 0 amide bonds. The zero-order valence-corrected chi connectivity index (χ0v) is 20.0. The number of rotatable bonds is 4. The van der Waals surface area contributed by atoms with E-state index in [9.17, 15) is 0 Å². The fourth-order valence-electron chi connectivity index (χ4n) is 3.41. The molecule has 0 fully saturated rings. The standard InChI is InChI=1S/C21H23Si.3ClH.Ti/c1-17(2)20-15-10-16-21(20)22(3,18-11-6-4-7-12-18)19-13-8-5-9-14-19;;;;/h4-17H,1-3H3;3*1H;/q-1;;;;+4/p-3. The summed E-state index contributed by atoms with van der Waals surface area (Å²) in [7, 11) is 13.0. The van der Waals surface area contributed by atoms with Gasteiger partial charge in [0.15, 0.2) is 0 Å². The van der Waals surface area contributed by atoms with Crippen LogP contribution in [0.1, 0.15) is 25.3 Å². The van der Waals surface area contributed by atoms with Gasteiger partial charge in [0.05, 0.1) is 8.07 Å². The fraction of sp³-hybridized carbons (Fsp3) is 0.190. The molecule has 0 spiro atoms. The average molecular weight is 458 g/mol. The van der Waals surface area contributed by atoms with Crippen LogP contribution >= 0.6 is 27.9 Å². The van der Waals surface area contributed by atoms with Gasteiger partial charge in [0.1, 0.15) is 0 Å². The SMILES string of the molecule is CC(C)c1ccc[c-]1[Si](C)(c1ccccc1)c1ccccc1.[Cl][Ti+]([Cl])[Cl]. The van der Waals surface area contributed by atoms with Crippen molar-refractivity contribution in [2.45, 2.75) is 26.3 Å². The fourth-order valence-corrected chi connectivity index (χ4v) is 7.47.